The van der Waals surface area contributed by atoms with Crippen LogP contribution in [-0.2, 0) is 16.1 Å². The van der Waals surface area contributed by atoms with Crippen molar-refractivity contribution in [3.05, 3.63) is 54.1 Å². The fourth-order valence-corrected chi connectivity index (χ4v) is 3.83. The van der Waals surface area contributed by atoms with E-state index < -0.39 is 0 Å². The Morgan fingerprint density at radius 2 is 1.92 bits per heavy atom. The number of carbonyl (C=O) groups excluding carboxylic acids is 2. The SMILES string of the molecule is CCN(Cc1ccc(OC)cc1)C(=O)CN1C(=O)CSc2ccccc21. The highest BCUT2D eigenvalue weighted by Gasteiger charge is 2.27. The fourth-order valence-electron chi connectivity index (χ4n) is 2.89. The fraction of sp³-hybridized carbons (Fsp3) is 0.300. The van der Waals surface area contributed by atoms with Gasteiger partial charge in [0.15, 0.2) is 0 Å². The predicted molar refractivity (Wildman–Crippen MR) is 104 cm³/mol. The van der Waals surface area contributed by atoms with Gasteiger partial charge in [0.2, 0.25) is 11.8 Å². The van der Waals surface area contributed by atoms with E-state index in [2.05, 4.69) is 0 Å². The van der Waals surface area contributed by atoms with Gasteiger partial charge in [-0.05, 0) is 36.8 Å². The smallest absolute Gasteiger partial charge is 0.242 e. The molecule has 0 bridgehead atoms. The van der Waals surface area contributed by atoms with Gasteiger partial charge < -0.3 is 14.5 Å². The van der Waals surface area contributed by atoms with Crippen molar-refractivity contribution in [2.45, 2.75) is 18.4 Å². The molecule has 0 N–H and O–H groups in total. The maximum atomic E-state index is 12.8. The number of likely N-dealkylation sites (N-methyl/N-ethyl adjacent to an activating group) is 1. The number of rotatable bonds is 6. The van der Waals surface area contributed by atoms with Gasteiger partial charge in [-0.3, -0.25) is 9.59 Å². The second kappa shape index (κ2) is 8.27. The maximum Gasteiger partial charge on any atom is 0.242 e. The third-order valence-electron chi connectivity index (χ3n) is 4.37. The summed E-state index contributed by atoms with van der Waals surface area (Å²) in [6, 6.07) is 15.4. The molecule has 0 fully saturated rings. The molecule has 5 nitrogen and oxygen atoms in total. The van der Waals surface area contributed by atoms with Crippen LogP contribution < -0.4 is 9.64 Å². The minimum Gasteiger partial charge on any atom is -0.497 e. The zero-order chi connectivity index (χ0) is 18.5. The Balaban J connectivity index is 1.72. The molecule has 1 aliphatic heterocycles. The van der Waals surface area contributed by atoms with Gasteiger partial charge in [0.25, 0.3) is 0 Å². The van der Waals surface area contributed by atoms with Gasteiger partial charge in [-0.1, -0.05) is 24.3 Å². The van der Waals surface area contributed by atoms with E-state index in [1.54, 1.807) is 16.9 Å². The number of hydrogen-bond donors (Lipinski definition) is 0. The van der Waals surface area contributed by atoms with E-state index in [1.807, 2.05) is 55.5 Å². The number of methoxy groups -OCH3 is 1. The van der Waals surface area contributed by atoms with Crippen molar-refractivity contribution in [1.29, 1.82) is 0 Å². The van der Waals surface area contributed by atoms with E-state index in [-0.39, 0.29) is 18.4 Å². The van der Waals surface area contributed by atoms with Gasteiger partial charge >= 0.3 is 0 Å². The molecular formula is C20H22N2O3S. The molecule has 0 spiro atoms. The van der Waals surface area contributed by atoms with Crippen LogP contribution >= 0.6 is 11.8 Å². The summed E-state index contributed by atoms with van der Waals surface area (Å²) in [6.07, 6.45) is 0. The molecule has 0 atom stereocenters. The summed E-state index contributed by atoms with van der Waals surface area (Å²) in [5.41, 5.74) is 1.85. The molecule has 0 unspecified atom stereocenters. The lowest BCUT2D eigenvalue weighted by atomic mass is 10.2. The largest absolute Gasteiger partial charge is 0.497 e. The number of nitrogens with zero attached hydrogens (tertiary/aromatic N) is 2. The van der Waals surface area contributed by atoms with Crippen LogP contribution in [-0.4, -0.2) is 42.7 Å². The molecular weight excluding hydrogens is 348 g/mol. The van der Waals surface area contributed by atoms with Crippen LogP contribution in [0, 0.1) is 0 Å². The molecule has 26 heavy (non-hydrogen) atoms. The molecule has 3 rings (SSSR count). The molecule has 0 aliphatic carbocycles. The van der Waals surface area contributed by atoms with Crippen molar-refractivity contribution in [2.75, 3.05) is 30.9 Å². The third-order valence-corrected chi connectivity index (χ3v) is 5.42. The standard InChI is InChI=1S/C20H22N2O3S/c1-3-21(12-15-8-10-16(25-2)11-9-15)19(23)13-22-17-6-4-5-7-18(17)26-14-20(22)24/h4-11H,3,12-14H2,1-2H3. The number of hydrogen-bond acceptors (Lipinski definition) is 4. The summed E-state index contributed by atoms with van der Waals surface area (Å²) >= 11 is 1.52. The molecule has 0 aromatic heterocycles. The van der Waals surface area contributed by atoms with Crippen LogP contribution in [0.2, 0.25) is 0 Å². The van der Waals surface area contributed by atoms with E-state index in [0.717, 1.165) is 21.9 Å². The predicted octanol–water partition coefficient (Wildman–Crippen LogP) is 3.18. The number of anilines is 1. The topological polar surface area (TPSA) is 49.9 Å². The van der Waals surface area contributed by atoms with E-state index in [0.29, 0.717) is 18.8 Å². The Bertz CT molecular complexity index is 792. The highest BCUT2D eigenvalue weighted by atomic mass is 32.2. The Morgan fingerprint density at radius 3 is 2.62 bits per heavy atom. The second-order valence-corrected chi connectivity index (χ2v) is 7.01. The quantitative estimate of drug-likeness (QED) is 0.784. The number of benzene rings is 2. The van der Waals surface area contributed by atoms with Gasteiger partial charge in [-0.2, -0.15) is 0 Å². The number of fused-ring (bicyclic) bond motifs is 1. The van der Waals surface area contributed by atoms with Gasteiger partial charge in [0.05, 0.1) is 18.6 Å². The summed E-state index contributed by atoms with van der Waals surface area (Å²) < 4.78 is 5.17. The lowest BCUT2D eigenvalue weighted by Crippen LogP contribution is -2.44. The second-order valence-electron chi connectivity index (χ2n) is 5.99. The summed E-state index contributed by atoms with van der Waals surface area (Å²) in [4.78, 5) is 29.6. The minimum absolute atomic E-state index is 0.0254. The summed E-state index contributed by atoms with van der Waals surface area (Å²) in [7, 11) is 1.63. The average Bonchev–Trinajstić information content (AvgIpc) is 2.68. The van der Waals surface area contributed by atoms with Crippen LogP contribution in [0.15, 0.2) is 53.4 Å². The summed E-state index contributed by atoms with van der Waals surface area (Å²) in [5, 5.41) is 0. The van der Waals surface area contributed by atoms with Gasteiger partial charge in [-0.25, -0.2) is 0 Å². The van der Waals surface area contributed by atoms with Crippen molar-refractivity contribution in [2.24, 2.45) is 0 Å². The zero-order valence-electron chi connectivity index (χ0n) is 15.0. The van der Waals surface area contributed by atoms with Gasteiger partial charge in [0, 0.05) is 18.0 Å². The van der Waals surface area contributed by atoms with Gasteiger partial charge in [-0.15, -0.1) is 11.8 Å². The first kappa shape index (κ1) is 18.3. The first-order chi connectivity index (χ1) is 12.6. The first-order valence-electron chi connectivity index (χ1n) is 8.55. The first-order valence-corrected chi connectivity index (χ1v) is 9.54. The van der Waals surface area contributed by atoms with E-state index in [9.17, 15) is 9.59 Å². The molecule has 0 radical (unpaired) electrons. The van der Waals surface area contributed by atoms with Crippen LogP contribution in [0.5, 0.6) is 5.75 Å². The normalized spacial score (nSPS) is 13.3. The lowest BCUT2D eigenvalue weighted by Gasteiger charge is -2.30. The highest BCUT2D eigenvalue weighted by Crippen LogP contribution is 2.34. The van der Waals surface area contributed by atoms with Crippen molar-refractivity contribution in [3.8, 4) is 5.75 Å². The number of carbonyl (C=O) groups is 2. The monoisotopic (exact) mass is 370 g/mol. The van der Waals surface area contributed by atoms with E-state index >= 15 is 0 Å². The number of ether oxygens (including phenoxy) is 1. The van der Waals surface area contributed by atoms with Crippen LogP contribution in [0.4, 0.5) is 5.69 Å². The van der Waals surface area contributed by atoms with E-state index in [4.69, 9.17) is 4.74 Å². The molecule has 1 aliphatic rings. The number of amides is 2. The Hall–Kier alpha value is -2.47. The lowest BCUT2D eigenvalue weighted by molar-refractivity contribution is -0.131. The van der Waals surface area contributed by atoms with Crippen LogP contribution in [0.3, 0.4) is 0 Å². The van der Waals surface area contributed by atoms with Crippen LogP contribution in [0.25, 0.3) is 0 Å². The van der Waals surface area contributed by atoms with Crippen molar-refractivity contribution in [1.82, 2.24) is 4.90 Å². The number of thioether (sulfide) groups is 1. The third kappa shape index (κ3) is 4.02. The summed E-state index contributed by atoms with van der Waals surface area (Å²) in [5.74, 6) is 1.08. The number of para-hydroxylation sites is 1. The molecule has 6 heteroatoms. The summed E-state index contributed by atoms with van der Waals surface area (Å²) in [6.45, 7) is 3.12. The maximum absolute atomic E-state index is 12.8. The molecule has 136 valence electrons. The molecule has 2 aromatic rings. The van der Waals surface area contributed by atoms with Crippen molar-refractivity contribution >= 4 is 29.3 Å². The average molecular weight is 370 g/mol. The minimum atomic E-state index is -0.0571. The Kier molecular flexibility index (Phi) is 5.83. The highest BCUT2D eigenvalue weighted by molar-refractivity contribution is 8.00. The Labute approximate surface area is 157 Å². The van der Waals surface area contributed by atoms with E-state index in [1.165, 1.54) is 11.8 Å². The Morgan fingerprint density at radius 1 is 1.19 bits per heavy atom. The van der Waals surface area contributed by atoms with Crippen LogP contribution in [0.1, 0.15) is 12.5 Å². The van der Waals surface area contributed by atoms with Gasteiger partial charge in [0.1, 0.15) is 12.3 Å². The van der Waals surface area contributed by atoms with Crippen molar-refractivity contribution in [3.63, 3.8) is 0 Å². The zero-order valence-corrected chi connectivity index (χ0v) is 15.8. The molecule has 0 saturated carbocycles. The van der Waals surface area contributed by atoms with Crippen molar-refractivity contribution < 1.29 is 14.3 Å². The molecule has 2 aromatic carbocycles. The molecule has 0 saturated heterocycles. The molecule has 1 heterocycles. The molecule has 2 amide bonds.